The molecule has 0 aliphatic rings. The van der Waals surface area contributed by atoms with Gasteiger partial charge < -0.3 is 60.0 Å². The third-order valence-electron chi connectivity index (χ3n) is 7.45. The van der Waals surface area contributed by atoms with Gasteiger partial charge in [0.15, 0.2) is 0 Å². The second-order valence-electron chi connectivity index (χ2n) is 11.2. The second kappa shape index (κ2) is 23.4. The quantitative estimate of drug-likeness (QED) is 0.0686. The molecule has 8 N–H and O–H groups in total. The summed E-state index contributed by atoms with van der Waals surface area (Å²) in [7, 11) is 0. The number of benzene rings is 1. The van der Waals surface area contributed by atoms with Gasteiger partial charge in [0.1, 0.15) is 24.9 Å². The van der Waals surface area contributed by atoms with Crippen LogP contribution in [0, 0.1) is 11.8 Å². The molecule has 0 spiro atoms. The number of carbonyl (C=O) groups is 1. The number of unbranched alkanes of at least 4 members (excludes halogenated alkanes) is 3. The molecule has 1 rings (SSSR count). The molecular weight excluding hydrogens is 578 g/mol. The van der Waals surface area contributed by atoms with Gasteiger partial charge in [-0.15, -0.1) is 0 Å². The van der Waals surface area contributed by atoms with Crippen molar-refractivity contribution in [3.8, 4) is 0 Å². The largest absolute Gasteiger partial charge is 0.445 e. The Kier molecular flexibility index (Phi) is 21.4. The fourth-order valence-corrected chi connectivity index (χ4v) is 4.67. The zero-order valence-corrected chi connectivity index (χ0v) is 26.2. The number of aliphatic hydroxyl groups excluding tert-OH is 7. The zero-order valence-electron chi connectivity index (χ0n) is 26.2. The van der Waals surface area contributed by atoms with E-state index < -0.39 is 80.5 Å². The number of rotatable bonds is 25. The van der Waals surface area contributed by atoms with Gasteiger partial charge in [-0.1, -0.05) is 57.0 Å². The van der Waals surface area contributed by atoms with Crippen molar-refractivity contribution >= 4 is 6.09 Å². The van der Waals surface area contributed by atoms with Crippen LogP contribution in [-0.4, -0.2) is 131 Å². The Morgan fingerprint density at radius 1 is 0.795 bits per heavy atom. The lowest BCUT2D eigenvalue weighted by Crippen LogP contribution is -2.51. The number of carbonyl (C=O) groups excluding carboxylic acids is 1. The van der Waals surface area contributed by atoms with Crippen molar-refractivity contribution in [2.45, 2.75) is 95.8 Å². The van der Waals surface area contributed by atoms with Crippen LogP contribution in [0.5, 0.6) is 0 Å². The van der Waals surface area contributed by atoms with Crippen molar-refractivity contribution in [2.75, 3.05) is 46.2 Å². The molecule has 0 radical (unpaired) electrons. The minimum Gasteiger partial charge on any atom is -0.445 e. The Balaban J connectivity index is 2.42. The molecule has 1 amide bonds. The number of hydrogen-bond donors (Lipinski definition) is 8. The maximum Gasteiger partial charge on any atom is 0.407 e. The highest BCUT2D eigenvalue weighted by Crippen LogP contribution is 2.28. The van der Waals surface area contributed by atoms with Crippen LogP contribution in [0.1, 0.15) is 52.0 Å². The van der Waals surface area contributed by atoms with Gasteiger partial charge in [0.25, 0.3) is 0 Å². The van der Waals surface area contributed by atoms with Gasteiger partial charge in [0.2, 0.25) is 0 Å². The van der Waals surface area contributed by atoms with Crippen LogP contribution in [0.2, 0.25) is 0 Å². The summed E-state index contributed by atoms with van der Waals surface area (Å²) >= 11 is 0. The van der Waals surface area contributed by atoms with Crippen LogP contribution in [0.4, 0.5) is 4.79 Å². The van der Waals surface area contributed by atoms with Crippen molar-refractivity contribution in [1.29, 1.82) is 0 Å². The lowest BCUT2D eigenvalue weighted by Gasteiger charge is -2.39. The highest BCUT2D eigenvalue weighted by atomic mass is 16.6. The molecular formula is C31H55NO12. The molecule has 4 unspecified atom stereocenters. The Hall–Kier alpha value is -1.91. The summed E-state index contributed by atoms with van der Waals surface area (Å²) in [5.41, 5.74) is 0.922. The first kappa shape index (κ1) is 40.1. The van der Waals surface area contributed by atoms with Gasteiger partial charge in [-0.05, 0) is 25.3 Å². The van der Waals surface area contributed by atoms with E-state index in [9.17, 15) is 40.5 Å². The van der Waals surface area contributed by atoms with E-state index in [1.165, 1.54) is 6.92 Å². The Bertz CT molecular complexity index is 848. The molecule has 0 bridgehead atoms. The minimum absolute atomic E-state index is 0.000648. The van der Waals surface area contributed by atoms with Crippen LogP contribution >= 0.6 is 0 Å². The van der Waals surface area contributed by atoms with Gasteiger partial charge in [-0.3, -0.25) is 0 Å². The fourth-order valence-electron chi connectivity index (χ4n) is 4.67. The predicted octanol–water partition coefficient (Wildman–Crippen LogP) is 0.341. The van der Waals surface area contributed by atoms with E-state index in [0.29, 0.717) is 13.2 Å². The molecule has 9 atom stereocenters. The molecule has 0 fully saturated rings. The highest BCUT2D eigenvalue weighted by molar-refractivity contribution is 5.67. The van der Waals surface area contributed by atoms with E-state index in [0.717, 1.165) is 31.2 Å². The molecule has 1 aromatic rings. The molecule has 13 nitrogen and oxygen atoms in total. The summed E-state index contributed by atoms with van der Waals surface area (Å²) in [6, 6.07) is 9.44. The summed E-state index contributed by atoms with van der Waals surface area (Å²) in [5, 5.41) is 72.5. The number of ether oxygens (including phenoxy) is 4. The number of aliphatic hydroxyl groups is 7. The first-order valence-corrected chi connectivity index (χ1v) is 15.4. The van der Waals surface area contributed by atoms with Crippen LogP contribution in [0.25, 0.3) is 0 Å². The van der Waals surface area contributed by atoms with Crippen molar-refractivity contribution < 1.29 is 59.5 Å². The average Bonchev–Trinajstić information content (AvgIpc) is 3.02. The normalized spacial score (nSPS) is 18.0. The maximum absolute atomic E-state index is 11.8. The third-order valence-corrected chi connectivity index (χ3v) is 7.45. The molecule has 1 aromatic carbocycles. The number of hydrogen-bond acceptors (Lipinski definition) is 12. The molecule has 0 aliphatic carbocycles. The molecule has 0 saturated heterocycles. The number of amides is 1. The number of nitrogens with one attached hydrogen (secondary N) is 1. The van der Waals surface area contributed by atoms with Gasteiger partial charge in [-0.25, -0.2) is 4.79 Å². The fraction of sp³-hybridized carbons (Fsp3) is 0.774. The van der Waals surface area contributed by atoms with Crippen LogP contribution < -0.4 is 5.32 Å². The third kappa shape index (κ3) is 15.9. The molecule has 0 aromatic heterocycles. The molecule has 44 heavy (non-hydrogen) atoms. The monoisotopic (exact) mass is 633 g/mol. The zero-order chi connectivity index (χ0) is 32.9. The standard InChI is InChI=1S/C31H55NO12/c1-21(26(38)15-33)29(22(2)30(27(39)16-34)44-28(17-35)23(3)36)42-20-25(37)19-41-14-10-5-4-9-13-32-31(40)43-18-24-11-7-6-8-12-24/h6-8,11-12,21-23,25-30,33-39H,4-5,9-10,13-20H2,1-3H3,(H,32,40)/t21-,22?,23+,25+,26?,27-,28?,29?,30-/m0/s1. The molecule has 13 heteroatoms. The van der Waals surface area contributed by atoms with Gasteiger partial charge in [0, 0.05) is 25.0 Å². The highest BCUT2D eigenvalue weighted by Gasteiger charge is 2.39. The average molecular weight is 634 g/mol. The van der Waals surface area contributed by atoms with Gasteiger partial charge in [0.05, 0.1) is 57.5 Å². The minimum atomic E-state index is -1.39. The van der Waals surface area contributed by atoms with Crippen molar-refractivity contribution in [1.82, 2.24) is 5.32 Å². The molecule has 256 valence electrons. The Morgan fingerprint density at radius 2 is 1.45 bits per heavy atom. The predicted molar refractivity (Wildman–Crippen MR) is 162 cm³/mol. The van der Waals surface area contributed by atoms with Crippen molar-refractivity contribution in [2.24, 2.45) is 11.8 Å². The topological polar surface area (TPSA) is 208 Å². The van der Waals surface area contributed by atoms with Crippen LogP contribution in [0.15, 0.2) is 30.3 Å². The summed E-state index contributed by atoms with van der Waals surface area (Å²) in [6.07, 6.45) is -4.77. The molecule has 0 aliphatic heterocycles. The summed E-state index contributed by atoms with van der Waals surface area (Å²) in [4.78, 5) is 11.8. The first-order chi connectivity index (χ1) is 21.0. The number of alkyl carbamates (subject to hydrolysis) is 1. The maximum atomic E-state index is 11.8. The Labute approximate surface area is 260 Å². The lowest BCUT2D eigenvalue weighted by molar-refractivity contribution is -0.184. The van der Waals surface area contributed by atoms with Gasteiger partial charge >= 0.3 is 6.09 Å². The summed E-state index contributed by atoms with van der Waals surface area (Å²) in [6.45, 7) is 3.94. The summed E-state index contributed by atoms with van der Waals surface area (Å²) < 4.78 is 22.4. The smallest absolute Gasteiger partial charge is 0.407 e. The first-order valence-electron chi connectivity index (χ1n) is 15.4. The van der Waals surface area contributed by atoms with Gasteiger partial charge in [-0.2, -0.15) is 0 Å². The van der Waals surface area contributed by atoms with E-state index in [2.05, 4.69) is 5.32 Å². The van der Waals surface area contributed by atoms with Crippen LogP contribution in [-0.2, 0) is 25.6 Å². The second-order valence-corrected chi connectivity index (χ2v) is 11.2. The lowest BCUT2D eigenvalue weighted by atomic mass is 9.84. The van der Waals surface area contributed by atoms with E-state index in [4.69, 9.17) is 18.9 Å². The van der Waals surface area contributed by atoms with Crippen LogP contribution in [0.3, 0.4) is 0 Å². The van der Waals surface area contributed by atoms with Crippen molar-refractivity contribution in [3.63, 3.8) is 0 Å². The molecule has 0 saturated carbocycles. The molecule has 0 heterocycles. The Morgan fingerprint density at radius 3 is 2.07 bits per heavy atom. The SMILES string of the molecule is CC(C(OC[C@H](O)COCCCCCCNC(=O)OCc1ccccc1)[C@@H](C)C(O)CO)[C@H](OC(CO)[C@@H](C)O)[C@@H](O)CO. The van der Waals surface area contributed by atoms with E-state index in [1.807, 2.05) is 30.3 Å². The van der Waals surface area contributed by atoms with E-state index in [1.54, 1.807) is 13.8 Å². The summed E-state index contributed by atoms with van der Waals surface area (Å²) in [5.74, 6) is -1.37. The van der Waals surface area contributed by atoms with E-state index in [-0.39, 0.29) is 19.8 Å². The van der Waals surface area contributed by atoms with Crippen molar-refractivity contribution in [3.05, 3.63) is 35.9 Å². The van der Waals surface area contributed by atoms with E-state index >= 15 is 0 Å².